The van der Waals surface area contributed by atoms with Gasteiger partial charge >= 0.3 is 0 Å². The molecule has 2 aliphatic carbocycles. The molecule has 0 saturated heterocycles. The van der Waals surface area contributed by atoms with Crippen molar-refractivity contribution in [2.75, 3.05) is 6.54 Å². The second-order valence-corrected chi connectivity index (χ2v) is 7.51. The van der Waals surface area contributed by atoms with Gasteiger partial charge in [0, 0.05) is 12.6 Å². The van der Waals surface area contributed by atoms with Crippen molar-refractivity contribution in [1.82, 2.24) is 5.32 Å². The Kier molecular flexibility index (Phi) is 4.37. The molecule has 1 aromatic carbocycles. The topological polar surface area (TPSA) is 32.3 Å². The quantitative estimate of drug-likeness (QED) is 0.858. The van der Waals surface area contributed by atoms with Gasteiger partial charge in [0.15, 0.2) is 0 Å². The van der Waals surface area contributed by atoms with Crippen LogP contribution in [0.2, 0.25) is 0 Å². The molecule has 2 nitrogen and oxygen atoms in total. The minimum absolute atomic E-state index is 0.425. The Morgan fingerprint density at radius 3 is 2.33 bits per heavy atom. The standard InChI is InChI=1S/C19H29NO/c1-14-3-5-16(6-4-14)18(17-7-8-17)20-13-19(21)11-9-15(2)10-12-19/h3-6,15,17-18,20-21H,7-13H2,1-2H3. The average molecular weight is 287 g/mol. The first kappa shape index (κ1) is 15.1. The van der Waals surface area contributed by atoms with Crippen molar-refractivity contribution in [2.45, 2.75) is 64.0 Å². The van der Waals surface area contributed by atoms with E-state index in [1.54, 1.807) is 0 Å². The third-order valence-electron chi connectivity index (χ3n) is 5.39. The van der Waals surface area contributed by atoms with E-state index < -0.39 is 5.60 Å². The first-order valence-electron chi connectivity index (χ1n) is 8.58. The SMILES string of the molecule is Cc1ccc(C(NCC2(O)CCC(C)CC2)C2CC2)cc1. The zero-order valence-corrected chi connectivity index (χ0v) is 13.4. The summed E-state index contributed by atoms with van der Waals surface area (Å²) in [5.41, 5.74) is 2.22. The summed E-state index contributed by atoms with van der Waals surface area (Å²) in [4.78, 5) is 0. The first-order chi connectivity index (χ1) is 10.1. The molecule has 0 radical (unpaired) electrons. The third kappa shape index (κ3) is 3.87. The van der Waals surface area contributed by atoms with Crippen LogP contribution in [0.1, 0.15) is 62.6 Å². The van der Waals surface area contributed by atoms with Crippen LogP contribution in [-0.2, 0) is 0 Å². The molecule has 1 atom stereocenters. The maximum absolute atomic E-state index is 10.8. The molecule has 2 saturated carbocycles. The lowest BCUT2D eigenvalue weighted by atomic mass is 9.79. The monoisotopic (exact) mass is 287 g/mol. The van der Waals surface area contributed by atoms with Gasteiger partial charge in [-0.15, -0.1) is 0 Å². The van der Waals surface area contributed by atoms with Gasteiger partial charge in [0.2, 0.25) is 0 Å². The summed E-state index contributed by atoms with van der Waals surface area (Å²) in [6.07, 6.45) is 6.87. The molecule has 2 aliphatic rings. The maximum atomic E-state index is 10.8. The summed E-state index contributed by atoms with van der Waals surface area (Å²) in [5, 5.41) is 14.5. The fourth-order valence-corrected chi connectivity index (χ4v) is 3.54. The molecule has 1 aromatic rings. The number of nitrogens with one attached hydrogen (secondary N) is 1. The molecule has 0 aromatic heterocycles. The van der Waals surface area contributed by atoms with Gasteiger partial charge in [0.25, 0.3) is 0 Å². The number of hydrogen-bond acceptors (Lipinski definition) is 2. The smallest absolute Gasteiger partial charge is 0.0772 e. The highest BCUT2D eigenvalue weighted by atomic mass is 16.3. The lowest BCUT2D eigenvalue weighted by Crippen LogP contribution is -2.44. The molecule has 2 fully saturated rings. The van der Waals surface area contributed by atoms with Crippen LogP contribution in [0.3, 0.4) is 0 Å². The molecule has 1 unspecified atom stereocenters. The molecular formula is C19H29NO. The minimum Gasteiger partial charge on any atom is -0.389 e. The molecular weight excluding hydrogens is 258 g/mol. The Morgan fingerprint density at radius 2 is 1.76 bits per heavy atom. The Morgan fingerprint density at radius 1 is 1.14 bits per heavy atom. The van der Waals surface area contributed by atoms with Crippen molar-refractivity contribution >= 4 is 0 Å². The molecule has 0 amide bonds. The van der Waals surface area contributed by atoms with E-state index in [2.05, 4.69) is 43.4 Å². The summed E-state index contributed by atoms with van der Waals surface area (Å²) in [7, 11) is 0. The molecule has 116 valence electrons. The maximum Gasteiger partial charge on any atom is 0.0772 e. The fourth-order valence-electron chi connectivity index (χ4n) is 3.54. The van der Waals surface area contributed by atoms with E-state index in [4.69, 9.17) is 0 Å². The van der Waals surface area contributed by atoms with Crippen molar-refractivity contribution in [3.8, 4) is 0 Å². The van der Waals surface area contributed by atoms with E-state index in [1.807, 2.05) is 0 Å². The minimum atomic E-state index is -0.482. The van der Waals surface area contributed by atoms with Crippen molar-refractivity contribution in [1.29, 1.82) is 0 Å². The largest absolute Gasteiger partial charge is 0.389 e. The van der Waals surface area contributed by atoms with Crippen LogP contribution >= 0.6 is 0 Å². The summed E-state index contributed by atoms with van der Waals surface area (Å²) in [6, 6.07) is 9.32. The van der Waals surface area contributed by atoms with E-state index in [-0.39, 0.29) is 0 Å². The predicted octanol–water partition coefficient (Wildman–Crippen LogP) is 3.98. The third-order valence-corrected chi connectivity index (χ3v) is 5.39. The van der Waals surface area contributed by atoms with Crippen molar-refractivity contribution in [3.63, 3.8) is 0 Å². The second-order valence-electron chi connectivity index (χ2n) is 7.51. The van der Waals surface area contributed by atoms with Crippen LogP contribution in [0, 0.1) is 18.8 Å². The van der Waals surface area contributed by atoms with Gasteiger partial charge in [-0.3, -0.25) is 0 Å². The molecule has 21 heavy (non-hydrogen) atoms. The lowest BCUT2D eigenvalue weighted by Gasteiger charge is -2.36. The van der Waals surface area contributed by atoms with E-state index in [9.17, 15) is 5.11 Å². The molecule has 2 heteroatoms. The van der Waals surface area contributed by atoms with Crippen molar-refractivity contribution in [3.05, 3.63) is 35.4 Å². The number of rotatable bonds is 5. The van der Waals surface area contributed by atoms with Crippen molar-refractivity contribution < 1.29 is 5.11 Å². The number of aryl methyl sites for hydroxylation is 1. The molecule has 3 rings (SSSR count). The molecule has 0 aliphatic heterocycles. The summed E-state index contributed by atoms with van der Waals surface area (Å²) in [6.45, 7) is 5.18. The Hall–Kier alpha value is -0.860. The Bertz CT molecular complexity index is 455. The second kappa shape index (κ2) is 6.10. The highest BCUT2D eigenvalue weighted by Gasteiger charge is 2.36. The van der Waals surface area contributed by atoms with Gasteiger partial charge in [-0.2, -0.15) is 0 Å². The zero-order chi connectivity index (χ0) is 14.9. The normalized spacial score (nSPS) is 31.1. The van der Waals surface area contributed by atoms with E-state index in [0.29, 0.717) is 6.04 Å². The van der Waals surface area contributed by atoms with Crippen molar-refractivity contribution in [2.24, 2.45) is 11.8 Å². The van der Waals surface area contributed by atoms with Crippen LogP contribution in [0.5, 0.6) is 0 Å². The highest BCUT2D eigenvalue weighted by molar-refractivity contribution is 5.25. The van der Waals surface area contributed by atoms with Crippen LogP contribution < -0.4 is 5.32 Å². The molecule has 0 spiro atoms. The van der Waals surface area contributed by atoms with Gasteiger partial charge in [-0.05, 0) is 62.8 Å². The lowest BCUT2D eigenvalue weighted by molar-refractivity contribution is -0.00873. The van der Waals surface area contributed by atoms with Crippen LogP contribution in [0.25, 0.3) is 0 Å². The fraction of sp³-hybridized carbons (Fsp3) is 0.684. The first-order valence-corrected chi connectivity index (χ1v) is 8.58. The molecule has 0 heterocycles. The number of hydrogen-bond donors (Lipinski definition) is 2. The van der Waals surface area contributed by atoms with E-state index in [1.165, 1.54) is 24.0 Å². The Labute approximate surface area is 129 Å². The predicted molar refractivity (Wildman–Crippen MR) is 87.2 cm³/mol. The van der Waals surface area contributed by atoms with Gasteiger partial charge in [-0.1, -0.05) is 36.8 Å². The summed E-state index contributed by atoms with van der Waals surface area (Å²) in [5.74, 6) is 1.54. The molecule has 2 N–H and O–H groups in total. The summed E-state index contributed by atoms with van der Waals surface area (Å²) >= 11 is 0. The van der Waals surface area contributed by atoms with Gasteiger partial charge in [0.1, 0.15) is 0 Å². The van der Waals surface area contributed by atoms with Crippen LogP contribution in [0.4, 0.5) is 0 Å². The van der Waals surface area contributed by atoms with E-state index in [0.717, 1.165) is 44.1 Å². The summed E-state index contributed by atoms with van der Waals surface area (Å²) < 4.78 is 0. The Balaban J connectivity index is 1.62. The van der Waals surface area contributed by atoms with Gasteiger partial charge in [0.05, 0.1) is 5.60 Å². The molecule has 0 bridgehead atoms. The van der Waals surface area contributed by atoms with Gasteiger partial charge in [-0.25, -0.2) is 0 Å². The van der Waals surface area contributed by atoms with Crippen LogP contribution in [-0.4, -0.2) is 17.3 Å². The van der Waals surface area contributed by atoms with Crippen LogP contribution in [0.15, 0.2) is 24.3 Å². The zero-order valence-electron chi connectivity index (χ0n) is 13.4. The van der Waals surface area contributed by atoms with Gasteiger partial charge < -0.3 is 10.4 Å². The highest BCUT2D eigenvalue weighted by Crippen LogP contribution is 2.41. The van der Waals surface area contributed by atoms with E-state index >= 15 is 0 Å². The number of benzene rings is 1. The average Bonchev–Trinajstić information content (AvgIpc) is 3.29. The number of aliphatic hydroxyl groups is 1.